The van der Waals surface area contributed by atoms with Crippen LogP contribution in [-0.4, -0.2) is 39.9 Å². The second-order valence-electron chi connectivity index (χ2n) is 4.06. The number of carbonyl (C=O) groups is 2. The van der Waals surface area contributed by atoms with E-state index in [-0.39, 0.29) is 24.8 Å². The van der Waals surface area contributed by atoms with Gasteiger partial charge in [0.25, 0.3) is 0 Å². The van der Waals surface area contributed by atoms with E-state index in [1.165, 1.54) is 4.68 Å². The lowest BCUT2D eigenvalue weighted by Crippen LogP contribution is -2.32. The van der Waals surface area contributed by atoms with Crippen LogP contribution < -0.4 is 16.4 Å². The van der Waals surface area contributed by atoms with E-state index in [1.807, 2.05) is 6.92 Å². The smallest absolute Gasteiger partial charge is 0.241 e. The van der Waals surface area contributed by atoms with Gasteiger partial charge < -0.3 is 16.4 Å². The van der Waals surface area contributed by atoms with Crippen molar-refractivity contribution in [2.24, 2.45) is 5.73 Å². The third-order valence-corrected chi connectivity index (χ3v) is 2.35. The molecule has 0 saturated heterocycles. The fraction of sp³-hybridized carbons (Fsp3) is 0.636. The number of nitrogens with two attached hydrogens (primary N) is 1. The number of aromatic nitrogens is 3. The van der Waals surface area contributed by atoms with Crippen molar-refractivity contribution < 1.29 is 9.59 Å². The van der Waals surface area contributed by atoms with Crippen LogP contribution in [0.15, 0.2) is 6.20 Å². The summed E-state index contributed by atoms with van der Waals surface area (Å²) in [5.74, 6) is -0.273. The lowest BCUT2D eigenvalue weighted by molar-refractivity contribution is -0.122. The molecular formula is C11H20N6O2. The molecule has 0 bridgehead atoms. The van der Waals surface area contributed by atoms with E-state index in [9.17, 15) is 9.59 Å². The van der Waals surface area contributed by atoms with E-state index in [4.69, 9.17) is 5.73 Å². The molecule has 1 aromatic heterocycles. The molecule has 8 heteroatoms. The number of amides is 2. The number of hydrogen-bond donors (Lipinski definition) is 3. The predicted octanol–water partition coefficient (Wildman–Crippen LogP) is -1.23. The van der Waals surface area contributed by atoms with Crippen LogP contribution in [0.3, 0.4) is 0 Å². The topological polar surface area (TPSA) is 115 Å². The molecule has 0 unspecified atom stereocenters. The quantitative estimate of drug-likeness (QED) is 0.546. The molecule has 0 aliphatic carbocycles. The first-order valence-corrected chi connectivity index (χ1v) is 6.28. The summed E-state index contributed by atoms with van der Waals surface area (Å²) >= 11 is 0. The first kappa shape index (κ1) is 15.1. The highest BCUT2D eigenvalue weighted by molar-refractivity contribution is 5.78. The molecule has 0 aromatic carbocycles. The molecule has 0 aliphatic heterocycles. The predicted molar refractivity (Wildman–Crippen MR) is 68.8 cm³/mol. The third kappa shape index (κ3) is 5.96. The number of nitrogens with zero attached hydrogens (tertiary/aromatic N) is 3. The fourth-order valence-corrected chi connectivity index (χ4v) is 1.38. The maximum atomic E-state index is 11.5. The van der Waals surface area contributed by atoms with Gasteiger partial charge in [0.1, 0.15) is 6.54 Å². The largest absolute Gasteiger partial charge is 0.356 e. The van der Waals surface area contributed by atoms with Gasteiger partial charge in [-0.1, -0.05) is 12.1 Å². The van der Waals surface area contributed by atoms with Crippen LogP contribution in [0.4, 0.5) is 0 Å². The first-order chi connectivity index (χ1) is 9.15. The summed E-state index contributed by atoms with van der Waals surface area (Å²) in [6.07, 6.45) is 2.79. The Morgan fingerprint density at radius 2 is 2.05 bits per heavy atom. The van der Waals surface area contributed by atoms with Gasteiger partial charge in [-0.2, -0.15) is 0 Å². The normalized spacial score (nSPS) is 10.2. The molecule has 19 heavy (non-hydrogen) atoms. The highest BCUT2D eigenvalue weighted by atomic mass is 16.2. The van der Waals surface area contributed by atoms with Crippen molar-refractivity contribution in [3.63, 3.8) is 0 Å². The summed E-state index contributed by atoms with van der Waals surface area (Å²) in [4.78, 5) is 22.8. The van der Waals surface area contributed by atoms with Crippen LogP contribution in [0.5, 0.6) is 0 Å². The van der Waals surface area contributed by atoms with Crippen molar-refractivity contribution in [3.8, 4) is 0 Å². The van der Waals surface area contributed by atoms with Gasteiger partial charge in [-0.3, -0.25) is 9.59 Å². The molecular weight excluding hydrogens is 248 g/mol. The average molecular weight is 268 g/mol. The van der Waals surface area contributed by atoms with Crippen LogP contribution in [0.1, 0.15) is 25.5 Å². The molecule has 0 fully saturated rings. The van der Waals surface area contributed by atoms with Crippen molar-refractivity contribution >= 4 is 11.8 Å². The Balaban J connectivity index is 2.19. The summed E-state index contributed by atoms with van der Waals surface area (Å²) < 4.78 is 1.41. The molecule has 1 rings (SSSR count). The van der Waals surface area contributed by atoms with Gasteiger partial charge in [-0.15, -0.1) is 5.10 Å². The van der Waals surface area contributed by atoms with Crippen molar-refractivity contribution in [1.82, 2.24) is 25.6 Å². The van der Waals surface area contributed by atoms with Crippen molar-refractivity contribution in [1.29, 1.82) is 0 Å². The van der Waals surface area contributed by atoms with Gasteiger partial charge in [-0.05, 0) is 6.42 Å². The van der Waals surface area contributed by atoms with Crippen LogP contribution >= 0.6 is 0 Å². The van der Waals surface area contributed by atoms with Crippen LogP contribution in [0.2, 0.25) is 0 Å². The molecule has 2 amide bonds. The minimum absolute atomic E-state index is 0.0617. The number of hydrogen-bond acceptors (Lipinski definition) is 5. The lowest BCUT2D eigenvalue weighted by Gasteiger charge is -2.05. The van der Waals surface area contributed by atoms with Gasteiger partial charge in [0.05, 0.1) is 11.9 Å². The zero-order valence-corrected chi connectivity index (χ0v) is 11.1. The van der Waals surface area contributed by atoms with E-state index >= 15 is 0 Å². The standard InChI is InChI=1S/C11H20N6O2/c1-2-4-13-10(18)3-5-14-11(19)8-17-7-9(6-12)15-16-17/h7H,2-6,8,12H2,1H3,(H,13,18)(H,14,19). The Labute approximate surface area is 111 Å². The summed E-state index contributed by atoms with van der Waals surface area (Å²) in [5.41, 5.74) is 6.02. The molecule has 106 valence electrons. The summed E-state index contributed by atoms with van der Waals surface area (Å²) in [6.45, 7) is 3.32. The molecule has 8 nitrogen and oxygen atoms in total. The van der Waals surface area contributed by atoms with E-state index in [2.05, 4.69) is 20.9 Å². The molecule has 1 aromatic rings. The van der Waals surface area contributed by atoms with E-state index in [0.29, 0.717) is 25.3 Å². The molecule has 1 heterocycles. The Morgan fingerprint density at radius 1 is 1.32 bits per heavy atom. The second-order valence-corrected chi connectivity index (χ2v) is 4.06. The minimum Gasteiger partial charge on any atom is -0.356 e. The van der Waals surface area contributed by atoms with Crippen LogP contribution in [-0.2, 0) is 22.7 Å². The molecule has 4 N–H and O–H groups in total. The Morgan fingerprint density at radius 3 is 2.68 bits per heavy atom. The van der Waals surface area contributed by atoms with E-state index in [1.54, 1.807) is 6.20 Å². The summed E-state index contributed by atoms with van der Waals surface area (Å²) in [7, 11) is 0. The first-order valence-electron chi connectivity index (χ1n) is 6.28. The summed E-state index contributed by atoms with van der Waals surface area (Å²) in [6, 6.07) is 0. The van der Waals surface area contributed by atoms with Crippen LogP contribution in [0, 0.1) is 0 Å². The van der Waals surface area contributed by atoms with E-state index < -0.39 is 0 Å². The van der Waals surface area contributed by atoms with Crippen molar-refractivity contribution in [2.75, 3.05) is 13.1 Å². The fourth-order valence-electron chi connectivity index (χ4n) is 1.38. The Hall–Kier alpha value is -1.96. The average Bonchev–Trinajstić information content (AvgIpc) is 2.84. The van der Waals surface area contributed by atoms with Crippen LogP contribution in [0.25, 0.3) is 0 Å². The van der Waals surface area contributed by atoms with Gasteiger partial charge >= 0.3 is 0 Å². The Bertz CT molecular complexity index is 417. The molecule has 0 saturated carbocycles. The monoisotopic (exact) mass is 268 g/mol. The zero-order valence-electron chi connectivity index (χ0n) is 11.1. The highest BCUT2D eigenvalue weighted by Gasteiger charge is 2.06. The third-order valence-electron chi connectivity index (χ3n) is 2.35. The number of nitrogens with one attached hydrogen (secondary N) is 2. The Kier molecular flexibility index (Phi) is 6.51. The molecule has 0 spiro atoms. The maximum absolute atomic E-state index is 11.5. The molecule has 0 radical (unpaired) electrons. The maximum Gasteiger partial charge on any atom is 0.241 e. The highest BCUT2D eigenvalue weighted by Crippen LogP contribution is 1.90. The van der Waals surface area contributed by atoms with E-state index in [0.717, 1.165) is 6.42 Å². The SMILES string of the molecule is CCCNC(=O)CCNC(=O)Cn1cc(CN)nn1. The zero-order chi connectivity index (χ0) is 14.1. The molecule has 0 atom stereocenters. The number of rotatable bonds is 8. The van der Waals surface area contributed by atoms with Crippen molar-refractivity contribution in [3.05, 3.63) is 11.9 Å². The van der Waals surface area contributed by atoms with Gasteiger partial charge in [0, 0.05) is 26.1 Å². The van der Waals surface area contributed by atoms with Gasteiger partial charge in [0.2, 0.25) is 11.8 Å². The van der Waals surface area contributed by atoms with Gasteiger partial charge in [-0.25, -0.2) is 4.68 Å². The lowest BCUT2D eigenvalue weighted by atomic mass is 10.3. The minimum atomic E-state index is -0.211. The summed E-state index contributed by atoms with van der Waals surface area (Å²) in [5, 5.41) is 12.9. The van der Waals surface area contributed by atoms with Gasteiger partial charge in [0.15, 0.2) is 0 Å². The van der Waals surface area contributed by atoms with Crippen molar-refractivity contribution in [2.45, 2.75) is 32.9 Å². The second kappa shape index (κ2) is 8.20. The number of carbonyl (C=O) groups excluding carboxylic acids is 2. The molecule has 0 aliphatic rings.